The molecule has 0 amide bonds. The van der Waals surface area contributed by atoms with Gasteiger partial charge < -0.3 is 25.7 Å². The highest BCUT2D eigenvalue weighted by atomic mass is 35.5. The van der Waals surface area contributed by atoms with Crippen LogP contribution in [0, 0.1) is 0 Å². The highest BCUT2D eigenvalue weighted by molar-refractivity contribution is 5.86. The number of fused-ring (bicyclic) bond motifs is 1. The predicted octanol–water partition coefficient (Wildman–Crippen LogP) is 4.95. The standard InChI is InChI=1S/C29H40N8O2.2ClH/c30-20-10-12-21(13-11-20)33-29-34-27(26-28(35-29)37(19-31-26)23-6-4-5-7-23)32-22-14-16-36(17-15-22)25(18-38)39-24-8-2-1-3-9-24;;/h1-3,8-9,18-23,25H,4-7,10-17,30H2,(H2,32,33,34,35);2*1H. The van der Waals surface area contributed by atoms with Crippen LogP contribution in [0.2, 0.25) is 0 Å². The third-order valence-electron chi connectivity index (χ3n) is 8.59. The van der Waals surface area contributed by atoms with Crippen molar-refractivity contribution >= 4 is 54.0 Å². The number of nitrogens with one attached hydrogen (secondary N) is 2. The quantitative estimate of drug-likeness (QED) is 0.291. The van der Waals surface area contributed by atoms with Crippen LogP contribution in [0.3, 0.4) is 0 Å². The van der Waals surface area contributed by atoms with Gasteiger partial charge in [-0.3, -0.25) is 9.69 Å². The number of piperidine rings is 1. The van der Waals surface area contributed by atoms with E-state index in [2.05, 4.69) is 20.1 Å². The van der Waals surface area contributed by atoms with Crippen LogP contribution in [0.1, 0.15) is 70.3 Å². The number of carbonyl (C=O) groups is 1. The Morgan fingerprint density at radius 1 is 0.902 bits per heavy atom. The zero-order valence-corrected chi connectivity index (χ0v) is 25.0. The molecule has 10 nitrogen and oxygen atoms in total. The molecule has 3 heterocycles. The molecular formula is C29H42Cl2N8O2. The first-order chi connectivity index (χ1) is 19.2. The van der Waals surface area contributed by atoms with Gasteiger partial charge in [-0.15, -0.1) is 24.8 Å². The molecule has 0 spiro atoms. The molecule has 3 aromatic rings. The highest BCUT2D eigenvalue weighted by Crippen LogP contribution is 2.34. The first-order valence-corrected chi connectivity index (χ1v) is 14.6. The summed E-state index contributed by atoms with van der Waals surface area (Å²) in [6.45, 7) is 1.51. The molecule has 41 heavy (non-hydrogen) atoms. The molecule has 4 N–H and O–H groups in total. The number of para-hydroxylation sites is 1. The lowest BCUT2D eigenvalue weighted by Gasteiger charge is -2.35. The molecule has 1 aromatic carbocycles. The average Bonchev–Trinajstić information content (AvgIpc) is 3.65. The molecule has 3 fully saturated rings. The number of hydrogen-bond acceptors (Lipinski definition) is 9. The normalized spacial score (nSPS) is 22.9. The molecule has 1 unspecified atom stereocenters. The third-order valence-corrected chi connectivity index (χ3v) is 8.59. The minimum atomic E-state index is -0.583. The molecular weight excluding hydrogens is 563 g/mol. The number of halogens is 2. The fourth-order valence-electron chi connectivity index (χ4n) is 6.30. The molecule has 1 saturated heterocycles. The number of rotatable bonds is 9. The van der Waals surface area contributed by atoms with Crippen LogP contribution in [0.5, 0.6) is 5.75 Å². The van der Waals surface area contributed by atoms with Crippen LogP contribution in [0.15, 0.2) is 36.7 Å². The summed E-state index contributed by atoms with van der Waals surface area (Å²) < 4.78 is 8.21. The average molecular weight is 606 g/mol. The first kappa shape index (κ1) is 31.3. The fraction of sp³-hybridized carbons (Fsp3) is 0.586. The molecule has 2 aliphatic carbocycles. The molecule has 0 bridgehead atoms. The maximum absolute atomic E-state index is 11.8. The molecule has 1 atom stereocenters. The molecule has 224 valence electrons. The van der Waals surface area contributed by atoms with Gasteiger partial charge in [0.15, 0.2) is 23.3 Å². The van der Waals surface area contributed by atoms with E-state index < -0.39 is 6.23 Å². The van der Waals surface area contributed by atoms with E-state index in [9.17, 15) is 4.79 Å². The van der Waals surface area contributed by atoms with Gasteiger partial charge in [-0.05, 0) is 63.5 Å². The van der Waals surface area contributed by atoms with Crippen molar-refractivity contribution < 1.29 is 9.53 Å². The topological polar surface area (TPSA) is 123 Å². The van der Waals surface area contributed by atoms with E-state index in [-0.39, 0.29) is 30.9 Å². The summed E-state index contributed by atoms with van der Waals surface area (Å²) in [7, 11) is 0. The predicted molar refractivity (Wildman–Crippen MR) is 166 cm³/mol. The number of benzene rings is 1. The Kier molecular flexibility index (Phi) is 11.1. The van der Waals surface area contributed by atoms with E-state index in [0.29, 0.717) is 29.8 Å². The van der Waals surface area contributed by atoms with Gasteiger partial charge in [0.2, 0.25) is 12.2 Å². The Bertz CT molecular complexity index is 1240. The molecule has 6 rings (SSSR count). The van der Waals surface area contributed by atoms with Crippen LogP contribution >= 0.6 is 24.8 Å². The Morgan fingerprint density at radius 2 is 1.59 bits per heavy atom. The van der Waals surface area contributed by atoms with Crippen molar-refractivity contribution in [3.05, 3.63) is 36.7 Å². The van der Waals surface area contributed by atoms with Gasteiger partial charge in [-0.1, -0.05) is 31.0 Å². The number of aromatic nitrogens is 4. The first-order valence-electron chi connectivity index (χ1n) is 14.6. The highest BCUT2D eigenvalue weighted by Gasteiger charge is 2.28. The van der Waals surface area contributed by atoms with Gasteiger partial charge >= 0.3 is 0 Å². The van der Waals surface area contributed by atoms with Crippen molar-refractivity contribution in [2.45, 2.75) is 94.6 Å². The second-order valence-electron chi connectivity index (χ2n) is 11.3. The van der Waals surface area contributed by atoms with Crippen molar-refractivity contribution in [2.75, 3.05) is 23.7 Å². The number of anilines is 2. The largest absolute Gasteiger partial charge is 0.468 e. The third kappa shape index (κ3) is 7.41. The van der Waals surface area contributed by atoms with Gasteiger partial charge in [0.1, 0.15) is 5.75 Å². The second-order valence-corrected chi connectivity index (χ2v) is 11.3. The van der Waals surface area contributed by atoms with Crippen molar-refractivity contribution in [2.24, 2.45) is 5.73 Å². The second kappa shape index (κ2) is 14.5. The zero-order valence-electron chi connectivity index (χ0n) is 23.4. The number of likely N-dealkylation sites (tertiary alicyclic amines) is 1. The van der Waals surface area contributed by atoms with Crippen molar-refractivity contribution in [3.8, 4) is 5.75 Å². The molecule has 1 aliphatic heterocycles. The summed E-state index contributed by atoms with van der Waals surface area (Å²) in [4.78, 5) is 28.6. The van der Waals surface area contributed by atoms with Crippen LogP contribution < -0.4 is 21.1 Å². The summed E-state index contributed by atoms with van der Waals surface area (Å²) in [6.07, 6.45) is 13.0. The molecule has 3 aliphatic rings. The van der Waals surface area contributed by atoms with Crippen LogP contribution in [-0.2, 0) is 4.79 Å². The number of nitrogens with two attached hydrogens (primary N) is 1. The minimum Gasteiger partial charge on any atom is -0.468 e. The van der Waals surface area contributed by atoms with Crippen molar-refractivity contribution in [1.29, 1.82) is 0 Å². The number of ether oxygens (including phenoxy) is 1. The Hall–Kier alpha value is -2.66. The van der Waals surface area contributed by atoms with E-state index >= 15 is 0 Å². The Morgan fingerprint density at radius 3 is 2.27 bits per heavy atom. The number of imidazole rings is 1. The number of hydrogen-bond donors (Lipinski definition) is 3. The van der Waals surface area contributed by atoms with Crippen LogP contribution in [0.4, 0.5) is 11.8 Å². The van der Waals surface area contributed by atoms with Gasteiger partial charge in [0, 0.05) is 37.3 Å². The SMILES string of the molecule is Cl.Cl.NC1CCC(Nc2nc(NC3CCN(C(C=O)Oc4ccccc4)CC3)c3ncn(C4CCCC4)c3n2)CC1. The number of nitrogens with zero attached hydrogens (tertiary/aromatic N) is 5. The molecule has 12 heteroatoms. The summed E-state index contributed by atoms with van der Waals surface area (Å²) in [5.41, 5.74) is 7.87. The fourth-order valence-corrected chi connectivity index (χ4v) is 6.30. The summed E-state index contributed by atoms with van der Waals surface area (Å²) in [5.74, 6) is 2.16. The summed E-state index contributed by atoms with van der Waals surface area (Å²) >= 11 is 0. The smallest absolute Gasteiger partial charge is 0.227 e. The van der Waals surface area contributed by atoms with Gasteiger partial charge in [-0.2, -0.15) is 9.97 Å². The van der Waals surface area contributed by atoms with Gasteiger partial charge in [0.05, 0.1) is 6.33 Å². The maximum atomic E-state index is 11.8. The lowest BCUT2D eigenvalue weighted by atomic mass is 9.92. The molecule has 0 radical (unpaired) electrons. The van der Waals surface area contributed by atoms with E-state index in [1.807, 2.05) is 36.7 Å². The lowest BCUT2D eigenvalue weighted by molar-refractivity contribution is -0.122. The van der Waals surface area contributed by atoms with Gasteiger partial charge in [-0.25, -0.2) is 4.98 Å². The van der Waals surface area contributed by atoms with Crippen LogP contribution in [0.25, 0.3) is 11.2 Å². The van der Waals surface area contributed by atoms with E-state index in [1.165, 1.54) is 25.7 Å². The molecule has 2 aromatic heterocycles. The van der Waals surface area contributed by atoms with Crippen LogP contribution in [-0.4, -0.2) is 68.1 Å². The zero-order chi connectivity index (χ0) is 26.6. The maximum Gasteiger partial charge on any atom is 0.227 e. The van der Waals surface area contributed by atoms with E-state index in [0.717, 1.165) is 74.9 Å². The minimum absolute atomic E-state index is 0. The van der Waals surface area contributed by atoms with E-state index in [4.69, 9.17) is 25.4 Å². The van der Waals surface area contributed by atoms with Crippen molar-refractivity contribution in [3.63, 3.8) is 0 Å². The summed E-state index contributed by atoms with van der Waals surface area (Å²) in [6, 6.07) is 10.8. The monoisotopic (exact) mass is 604 g/mol. The van der Waals surface area contributed by atoms with Crippen molar-refractivity contribution in [1.82, 2.24) is 24.4 Å². The number of carbonyl (C=O) groups excluding carboxylic acids is 1. The number of aldehydes is 1. The Balaban J connectivity index is 0.00000194. The summed E-state index contributed by atoms with van der Waals surface area (Å²) in [5, 5.41) is 7.31. The Labute approximate surface area is 254 Å². The van der Waals surface area contributed by atoms with E-state index in [1.54, 1.807) is 0 Å². The lowest BCUT2D eigenvalue weighted by Crippen LogP contribution is -2.47. The van der Waals surface area contributed by atoms with Gasteiger partial charge in [0.25, 0.3) is 0 Å². The molecule has 2 saturated carbocycles.